The second kappa shape index (κ2) is 8.43. The fraction of sp³-hybridized carbons (Fsp3) is 0.421. The van der Waals surface area contributed by atoms with Crippen LogP contribution >= 0.6 is 11.6 Å². The lowest BCUT2D eigenvalue weighted by Crippen LogP contribution is -2.49. The van der Waals surface area contributed by atoms with Gasteiger partial charge >= 0.3 is 6.09 Å². The molecule has 1 fully saturated rings. The standard InChI is InChI=1S/C19H23ClN4O3/c1-3-27-19(26)24-10-8-23(9-11-24)18-21-13(2)16(17(25)22-18)12-14-4-6-15(20)7-5-14/h4-7H,3,8-12H2,1-2H3,(H,21,22,25). The fourth-order valence-electron chi connectivity index (χ4n) is 3.08. The molecule has 0 radical (unpaired) electrons. The highest BCUT2D eigenvalue weighted by Crippen LogP contribution is 2.16. The zero-order valence-corrected chi connectivity index (χ0v) is 16.3. The van der Waals surface area contributed by atoms with Crippen molar-refractivity contribution in [2.45, 2.75) is 20.3 Å². The first-order chi connectivity index (χ1) is 13.0. The van der Waals surface area contributed by atoms with Gasteiger partial charge in [0.05, 0.1) is 12.3 Å². The molecule has 0 spiro atoms. The summed E-state index contributed by atoms with van der Waals surface area (Å²) in [5.74, 6) is 0.542. The largest absolute Gasteiger partial charge is 0.450 e. The Balaban J connectivity index is 1.71. The molecule has 27 heavy (non-hydrogen) atoms. The maximum absolute atomic E-state index is 12.6. The smallest absolute Gasteiger partial charge is 0.409 e. The lowest BCUT2D eigenvalue weighted by Gasteiger charge is -2.34. The summed E-state index contributed by atoms with van der Waals surface area (Å²) in [5, 5.41) is 0.666. The van der Waals surface area contributed by atoms with E-state index in [0.717, 1.165) is 5.56 Å². The number of ether oxygens (including phenoxy) is 1. The predicted octanol–water partition coefficient (Wildman–Crippen LogP) is 2.60. The number of aromatic nitrogens is 2. The van der Waals surface area contributed by atoms with Crippen LogP contribution in [0.15, 0.2) is 29.1 Å². The van der Waals surface area contributed by atoms with E-state index in [9.17, 15) is 9.59 Å². The normalized spacial score (nSPS) is 14.3. The van der Waals surface area contributed by atoms with Crippen molar-refractivity contribution in [3.8, 4) is 0 Å². The van der Waals surface area contributed by atoms with Crippen molar-refractivity contribution < 1.29 is 9.53 Å². The van der Waals surface area contributed by atoms with Crippen molar-refractivity contribution in [2.24, 2.45) is 0 Å². The van der Waals surface area contributed by atoms with Gasteiger partial charge in [0, 0.05) is 43.2 Å². The number of nitrogens with one attached hydrogen (secondary N) is 1. The first-order valence-electron chi connectivity index (χ1n) is 8.98. The summed E-state index contributed by atoms with van der Waals surface area (Å²) in [6.07, 6.45) is 0.204. The molecule has 0 unspecified atom stereocenters. The molecule has 1 aliphatic rings. The molecule has 0 atom stereocenters. The van der Waals surface area contributed by atoms with Gasteiger partial charge in [0.1, 0.15) is 0 Å². The number of aromatic amines is 1. The number of amides is 1. The van der Waals surface area contributed by atoms with E-state index >= 15 is 0 Å². The summed E-state index contributed by atoms with van der Waals surface area (Å²) < 4.78 is 5.03. The quantitative estimate of drug-likeness (QED) is 0.868. The minimum absolute atomic E-state index is 0.139. The monoisotopic (exact) mass is 390 g/mol. The van der Waals surface area contributed by atoms with Crippen LogP contribution in [0, 0.1) is 6.92 Å². The van der Waals surface area contributed by atoms with Crippen LogP contribution in [-0.2, 0) is 11.2 Å². The Morgan fingerprint density at radius 2 is 1.89 bits per heavy atom. The van der Waals surface area contributed by atoms with Gasteiger partial charge in [-0.05, 0) is 31.5 Å². The highest BCUT2D eigenvalue weighted by atomic mass is 35.5. The van der Waals surface area contributed by atoms with Gasteiger partial charge in [-0.3, -0.25) is 9.78 Å². The zero-order valence-electron chi connectivity index (χ0n) is 15.5. The maximum Gasteiger partial charge on any atom is 0.409 e. The Morgan fingerprint density at radius 1 is 1.22 bits per heavy atom. The SMILES string of the molecule is CCOC(=O)N1CCN(c2nc(C)c(Cc3ccc(Cl)cc3)c(=O)[nH]2)CC1. The predicted molar refractivity (Wildman–Crippen MR) is 105 cm³/mol. The number of aryl methyl sites for hydroxylation is 1. The lowest BCUT2D eigenvalue weighted by molar-refractivity contribution is 0.105. The highest BCUT2D eigenvalue weighted by Gasteiger charge is 2.23. The number of H-pyrrole nitrogens is 1. The third kappa shape index (κ3) is 4.60. The van der Waals surface area contributed by atoms with Gasteiger partial charge in [0.15, 0.2) is 0 Å². The molecular formula is C19H23ClN4O3. The van der Waals surface area contributed by atoms with Crippen LogP contribution in [0.25, 0.3) is 0 Å². The molecule has 1 aliphatic heterocycles. The van der Waals surface area contributed by atoms with Crippen molar-refractivity contribution in [1.82, 2.24) is 14.9 Å². The molecule has 0 saturated carbocycles. The summed E-state index contributed by atoms with van der Waals surface area (Å²) in [6, 6.07) is 7.43. The molecule has 0 bridgehead atoms. The van der Waals surface area contributed by atoms with Crippen LogP contribution < -0.4 is 10.5 Å². The minimum atomic E-state index is -0.298. The summed E-state index contributed by atoms with van der Waals surface area (Å²) in [6.45, 7) is 6.26. The van der Waals surface area contributed by atoms with Gasteiger partial charge in [-0.25, -0.2) is 9.78 Å². The molecule has 2 heterocycles. The van der Waals surface area contributed by atoms with Crippen LogP contribution in [0.2, 0.25) is 5.02 Å². The molecule has 144 valence electrons. The Labute approximate surface area is 162 Å². The van der Waals surface area contributed by atoms with Gasteiger partial charge in [0.25, 0.3) is 5.56 Å². The van der Waals surface area contributed by atoms with Gasteiger partial charge in [-0.1, -0.05) is 23.7 Å². The third-order valence-corrected chi connectivity index (χ3v) is 4.86. The average molecular weight is 391 g/mol. The van der Waals surface area contributed by atoms with E-state index in [1.54, 1.807) is 11.8 Å². The van der Waals surface area contributed by atoms with E-state index in [0.29, 0.717) is 61.4 Å². The van der Waals surface area contributed by atoms with E-state index < -0.39 is 0 Å². The van der Waals surface area contributed by atoms with Gasteiger partial charge < -0.3 is 14.5 Å². The number of nitrogens with zero attached hydrogens (tertiary/aromatic N) is 3. The number of benzene rings is 1. The summed E-state index contributed by atoms with van der Waals surface area (Å²) in [7, 11) is 0. The van der Waals surface area contributed by atoms with E-state index in [-0.39, 0.29) is 11.7 Å². The van der Waals surface area contributed by atoms with Crippen molar-refractivity contribution in [1.29, 1.82) is 0 Å². The van der Waals surface area contributed by atoms with Crippen molar-refractivity contribution in [3.63, 3.8) is 0 Å². The molecular weight excluding hydrogens is 368 g/mol. The molecule has 1 saturated heterocycles. The molecule has 8 heteroatoms. The first kappa shape index (κ1) is 19.2. The van der Waals surface area contributed by atoms with Crippen molar-refractivity contribution in [2.75, 3.05) is 37.7 Å². The number of piperazine rings is 1. The molecule has 1 N–H and O–H groups in total. The summed E-state index contributed by atoms with van der Waals surface area (Å²) in [5.41, 5.74) is 2.22. The first-order valence-corrected chi connectivity index (χ1v) is 9.36. The number of halogens is 1. The molecule has 3 rings (SSSR count). The number of anilines is 1. The Kier molecular flexibility index (Phi) is 6.01. The minimum Gasteiger partial charge on any atom is -0.450 e. The van der Waals surface area contributed by atoms with Crippen LogP contribution in [0.1, 0.15) is 23.7 Å². The second-order valence-corrected chi connectivity index (χ2v) is 6.87. The Bertz CT molecular complexity index is 858. The van der Waals surface area contributed by atoms with Crippen molar-refractivity contribution >= 4 is 23.6 Å². The molecule has 1 amide bonds. The molecule has 2 aromatic rings. The van der Waals surface area contributed by atoms with Crippen LogP contribution in [0.5, 0.6) is 0 Å². The van der Waals surface area contributed by atoms with Crippen LogP contribution in [0.4, 0.5) is 10.7 Å². The van der Waals surface area contributed by atoms with Gasteiger partial charge in [-0.2, -0.15) is 0 Å². The number of carbonyl (C=O) groups is 1. The van der Waals surface area contributed by atoms with Gasteiger partial charge in [-0.15, -0.1) is 0 Å². The van der Waals surface area contributed by atoms with E-state index in [1.807, 2.05) is 36.1 Å². The number of carbonyl (C=O) groups excluding carboxylic acids is 1. The van der Waals surface area contributed by atoms with Crippen molar-refractivity contribution in [3.05, 3.63) is 56.5 Å². The number of hydrogen-bond donors (Lipinski definition) is 1. The maximum atomic E-state index is 12.6. The second-order valence-electron chi connectivity index (χ2n) is 6.43. The number of rotatable bonds is 4. The Hall–Kier alpha value is -2.54. The Morgan fingerprint density at radius 3 is 2.48 bits per heavy atom. The van der Waals surface area contributed by atoms with E-state index in [2.05, 4.69) is 9.97 Å². The molecule has 0 aliphatic carbocycles. The molecule has 1 aromatic heterocycles. The third-order valence-electron chi connectivity index (χ3n) is 4.61. The zero-order chi connectivity index (χ0) is 19.4. The van der Waals surface area contributed by atoms with Crippen LogP contribution in [0.3, 0.4) is 0 Å². The van der Waals surface area contributed by atoms with Gasteiger partial charge in [0.2, 0.25) is 5.95 Å². The van der Waals surface area contributed by atoms with E-state index in [4.69, 9.17) is 16.3 Å². The fourth-order valence-corrected chi connectivity index (χ4v) is 3.20. The number of hydrogen-bond acceptors (Lipinski definition) is 5. The molecule has 7 nitrogen and oxygen atoms in total. The van der Waals surface area contributed by atoms with E-state index in [1.165, 1.54) is 0 Å². The van der Waals surface area contributed by atoms with Crippen LogP contribution in [-0.4, -0.2) is 53.7 Å². The highest BCUT2D eigenvalue weighted by molar-refractivity contribution is 6.30. The summed E-state index contributed by atoms with van der Waals surface area (Å²) >= 11 is 5.91. The lowest BCUT2D eigenvalue weighted by atomic mass is 10.1. The average Bonchev–Trinajstić information content (AvgIpc) is 2.66. The topological polar surface area (TPSA) is 78.5 Å². The molecule has 1 aromatic carbocycles. The summed E-state index contributed by atoms with van der Waals surface area (Å²) in [4.78, 5) is 35.5.